The number of hydrogen-bond donors (Lipinski definition) is 3. The van der Waals surface area contributed by atoms with Crippen molar-refractivity contribution in [3.05, 3.63) is 46.8 Å². The Bertz CT molecular complexity index is 666. The first-order valence-electron chi connectivity index (χ1n) is 7.17. The average Bonchev–Trinajstić information content (AvgIpc) is 2.82. The number of aromatic nitrogens is 2. The highest BCUT2D eigenvalue weighted by molar-refractivity contribution is 5.99. The molecule has 0 fully saturated rings. The third kappa shape index (κ3) is 3.94. The summed E-state index contributed by atoms with van der Waals surface area (Å²) in [7, 11) is 0. The van der Waals surface area contributed by atoms with Gasteiger partial charge in [0.1, 0.15) is 0 Å². The molecule has 2 rings (SSSR count). The summed E-state index contributed by atoms with van der Waals surface area (Å²) in [6, 6.07) is 7.36. The normalized spacial score (nSPS) is 11.5. The molecule has 0 saturated heterocycles. The number of H-pyrrole nitrogens is 1. The minimum atomic E-state index is -0.116. The lowest BCUT2D eigenvalue weighted by molar-refractivity contribution is -0.121. The lowest BCUT2D eigenvalue weighted by Gasteiger charge is -2.04. The fraction of sp³-hybridized carbons (Fsp3) is 0.312. The molecule has 0 atom stereocenters. The minimum Gasteiger partial charge on any atom is -0.399 e. The van der Waals surface area contributed by atoms with E-state index in [4.69, 9.17) is 5.73 Å². The number of anilines is 1. The Morgan fingerprint density at radius 1 is 1.32 bits per heavy atom. The third-order valence-electron chi connectivity index (χ3n) is 3.56. The van der Waals surface area contributed by atoms with Crippen molar-refractivity contribution in [3.8, 4) is 0 Å². The monoisotopic (exact) mass is 299 g/mol. The molecule has 0 bridgehead atoms. The van der Waals surface area contributed by atoms with Gasteiger partial charge in [-0.3, -0.25) is 9.89 Å². The van der Waals surface area contributed by atoms with Crippen molar-refractivity contribution in [1.82, 2.24) is 15.6 Å². The lowest BCUT2D eigenvalue weighted by Crippen LogP contribution is -2.19. The number of nitrogens with one attached hydrogen (secondary N) is 2. The van der Waals surface area contributed by atoms with Gasteiger partial charge >= 0.3 is 0 Å². The summed E-state index contributed by atoms with van der Waals surface area (Å²) >= 11 is 0. The van der Waals surface area contributed by atoms with Crippen LogP contribution in [0.25, 0.3) is 0 Å². The van der Waals surface area contributed by atoms with Crippen LogP contribution in [0.5, 0.6) is 0 Å². The molecule has 2 aromatic rings. The quantitative estimate of drug-likeness (QED) is 0.448. The van der Waals surface area contributed by atoms with Gasteiger partial charge in [-0.15, -0.1) is 0 Å². The van der Waals surface area contributed by atoms with E-state index in [1.54, 1.807) is 12.1 Å². The highest BCUT2D eigenvalue weighted by Gasteiger charge is 2.09. The van der Waals surface area contributed by atoms with Gasteiger partial charge in [-0.05, 0) is 50.5 Å². The molecule has 0 radical (unpaired) electrons. The number of amides is 1. The first-order valence-corrected chi connectivity index (χ1v) is 7.17. The van der Waals surface area contributed by atoms with E-state index in [0.29, 0.717) is 18.5 Å². The fourth-order valence-electron chi connectivity index (χ4n) is 2.17. The number of hydrazone groups is 1. The van der Waals surface area contributed by atoms with Crippen LogP contribution in [0.1, 0.15) is 35.9 Å². The summed E-state index contributed by atoms with van der Waals surface area (Å²) in [4.78, 5) is 11.9. The Kier molecular flexibility index (Phi) is 4.93. The van der Waals surface area contributed by atoms with Gasteiger partial charge in [0.2, 0.25) is 5.91 Å². The summed E-state index contributed by atoms with van der Waals surface area (Å²) in [6.07, 6.45) is 1.02. The molecule has 1 amide bonds. The molecule has 1 aromatic carbocycles. The van der Waals surface area contributed by atoms with Gasteiger partial charge in [0.15, 0.2) is 0 Å². The molecular weight excluding hydrogens is 278 g/mol. The van der Waals surface area contributed by atoms with Crippen LogP contribution in [0.3, 0.4) is 0 Å². The van der Waals surface area contributed by atoms with Crippen molar-refractivity contribution in [2.45, 2.75) is 33.6 Å². The zero-order chi connectivity index (χ0) is 16.1. The Morgan fingerprint density at radius 3 is 2.59 bits per heavy atom. The molecule has 1 aromatic heterocycles. The number of aryl methyl sites for hydroxylation is 2. The summed E-state index contributed by atoms with van der Waals surface area (Å²) in [5.74, 6) is -0.116. The van der Waals surface area contributed by atoms with E-state index in [0.717, 1.165) is 28.2 Å². The number of carbonyl (C=O) groups is 1. The van der Waals surface area contributed by atoms with Crippen molar-refractivity contribution in [2.75, 3.05) is 5.73 Å². The van der Waals surface area contributed by atoms with Crippen LogP contribution in [0, 0.1) is 13.8 Å². The van der Waals surface area contributed by atoms with E-state index in [1.165, 1.54) is 0 Å². The average molecular weight is 299 g/mol. The smallest absolute Gasteiger partial charge is 0.240 e. The number of carbonyl (C=O) groups excluding carboxylic acids is 1. The van der Waals surface area contributed by atoms with E-state index >= 15 is 0 Å². The maximum Gasteiger partial charge on any atom is 0.240 e. The fourth-order valence-corrected chi connectivity index (χ4v) is 2.17. The van der Waals surface area contributed by atoms with Gasteiger partial charge in [-0.1, -0.05) is 12.1 Å². The Labute approximate surface area is 129 Å². The molecule has 0 aliphatic rings. The zero-order valence-corrected chi connectivity index (χ0v) is 13.1. The molecule has 0 saturated carbocycles. The van der Waals surface area contributed by atoms with Gasteiger partial charge in [-0.25, -0.2) is 5.43 Å². The number of nitrogen functional groups attached to an aromatic ring is 1. The van der Waals surface area contributed by atoms with Crippen LogP contribution < -0.4 is 11.2 Å². The van der Waals surface area contributed by atoms with Crippen LogP contribution in [-0.4, -0.2) is 21.8 Å². The Balaban J connectivity index is 1.89. The number of nitrogens with zero attached hydrogens (tertiary/aromatic N) is 2. The second-order valence-electron chi connectivity index (χ2n) is 5.27. The van der Waals surface area contributed by atoms with Crippen molar-refractivity contribution in [3.63, 3.8) is 0 Å². The molecule has 6 heteroatoms. The topological polar surface area (TPSA) is 96.2 Å². The lowest BCUT2D eigenvalue weighted by atomic mass is 10.1. The van der Waals surface area contributed by atoms with E-state index in [1.807, 2.05) is 32.9 Å². The first-order chi connectivity index (χ1) is 10.5. The van der Waals surface area contributed by atoms with Crippen molar-refractivity contribution in [1.29, 1.82) is 0 Å². The Hall–Kier alpha value is -2.63. The van der Waals surface area contributed by atoms with Crippen molar-refractivity contribution >= 4 is 17.3 Å². The molecule has 4 N–H and O–H groups in total. The Morgan fingerprint density at radius 2 is 2.00 bits per heavy atom. The maximum atomic E-state index is 11.9. The zero-order valence-electron chi connectivity index (χ0n) is 13.1. The summed E-state index contributed by atoms with van der Waals surface area (Å²) < 4.78 is 0. The van der Waals surface area contributed by atoms with Gasteiger partial charge in [-0.2, -0.15) is 10.2 Å². The second kappa shape index (κ2) is 6.89. The molecular formula is C16H21N5O. The summed E-state index contributed by atoms with van der Waals surface area (Å²) in [5.41, 5.74) is 13.6. The molecule has 6 nitrogen and oxygen atoms in total. The van der Waals surface area contributed by atoms with Crippen LogP contribution in [-0.2, 0) is 11.2 Å². The highest BCUT2D eigenvalue weighted by atomic mass is 16.2. The number of aromatic amines is 1. The van der Waals surface area contributed by atoms with Crippen molar-refractivity contribution in [2.24, 2.45) is 5.10 Å². The molecule has 0 aliphatic heterocycles. The minimum absolute atomic E-state index is 0.116. The number of nitrogens with two attached hydrogens (primary N) is 1. The van der Waals surface area contributed by atoms with Crippen molar-refractivity contribution < 1.29 is 4.79 Å². The predicted octanol–water partition coefficient (Wildman–Crippen LogP) is 2.08. The van der Waals surface area contributed by atoms with Crippen LogP contribution >= 0.6 is 0 Å². The number of benzene rings is 1. The molecule has 0 unspecified atom stereocenters. The molecule has 1 heterocycles. The van der Waals surface area contributed by atoms with E-state index in [9.17, 15) is 4.79 Å². The van der Waals surface area contributed by atoms with E-state index in [2.05, 4.69) is 20.7 Å². The van der Waals surface area contributed by atoms with Gasteiger partial charge < -0.3 is 5.73 Å². The molecule has 22 heavy (non-hydrogen) atoms. The van der Waals surface area contributed by atoms with Gasteiger partial charge in [0.05, 0.1) is 11.4 Å². The second-order valence-corrected chi connectivity index (χ2v) is 5.27. The standard InChI is InChI=1S/C16H21N5O/c1-10(13-4-6-14(17)7-5-13)18-21-16(22)9-8-15-11(2)19-20-12(15)3/h4-7H,8-9,17H2,1-3H3,(H,19,20)(H,21,22)/b18-10+. The third-order valence-corrected chi connectivity index (χ3v) is 3.56. The molecule has 0 aliphatic carbocycles. The largest absolute Gasteiger partial charge is 0.399 e. The van der Waals surface area contributed by atoms with E-state index in [-0.39, 0.29) is 5.91 Å². The van der Waals surface area contributed by atoms with Crippen LogP contribution in [0.2, 0.25) is 0 Å². The SMILES string of the molecule is C/C(=N\NC(=O)CCc1c(C)n[nH]c1C)c1ccc(N)cc1. The molecule has 0 spiro atoms. The maximum absolute atomic E-state index is 11.9. The predicted molar refractivity (Wildman–Crippen MR) is 87.6 cm³/mol. The number of rotatable bonds is 5. The van der Waals surface area contributed by atoms with E-state index < -0.39 is 0 Å². The van der Waals surface area contributed by atoms with Gasteiger partial charge in [0.25, 0.3) is 0 Å². The summed E-state index contributed by atoms with van der Waals surface area (Å²) in [6.45, 7) is 5.73. The van der Waals surface area contributed by atoms with Crippen LogP contribution in [0.15, 0.2) is 29.4 Å². The highest BCUT2D eigenvalue weighted by Crippen LogP contribution is 2.11. The van der Waals surface area contributed by atoms with Crippen LogP contribution in [0.4, 0.5) is 5.69 Å². The molecule has 116 valence electrons. The summed E-state index contributed by atoms with van der Waals surface area (Å²) in [5, 5.41) is 11.2. The number of hydrogen-bond acceptors (Lipinski definition) is 4. The first kappa shape index (κ1) is 15.8. The van der Waals surface area contributed by atoms with Gasteiger partial charge in [0, 0.05) is 17.8 Å².